The summed E-state index contributed by atoms with van der Waals surface area (Å²) in [6, 6.07) is 25.0. The van der Waals surface area contributed by atoms with Gasteiger partial charge in [-0.1, -0.05) is 48.5 Å². The topological polar surface area (TPSA) is 90.3 Å². The molecule has 0 atom stereocenters. The number of nitrogen functional groups attached to an aromatic ring is 1. The van der Waals surface area contributed by atoms with Crippen molar-refractivity contribution in [3.63, 3.8) is 0 Å². The predicted molar refractivity (Wildman–Crippen MR) is 133 cm³/mol. The third-order valence-electron chi connectivity index (χ3n) is 5.33. The number of aromatic nitrogens is 1. The molecule has 0 radical (unpaired) electrons. The molecule has 0 aliphatic carbocycles. The monoisotopic (exact) mass is 453 g/mol. The lowest BCUT2D eigenvalue weighted by Gasteiger charge is -2.08. The Bertz CT molecular complexity index is 1300. The number of ether oxygens (including phenoxy) is 2. The second kappa shape index (κ2) is 10.5. The average molecular weight is 454 g/mol. The molecule has 0 unspecified atom stereocenters. The number of hydrogen-bond acceptors (Lipinski definition) is 4. The minimum Gasteiger partial charge on any atom is -0.462 e. The van der Waals surface area contributed by atoms with Crippen molar-refractivity contribution in [3.05, 3.63) is 119 Å². The molecule has 4 rings (SSSR count). The lowest BCUT2D eigenvalue weighted by molar-refractivity contribution is 0.0525. The van der Waals surface area contributed by atoms with Crippen LogP contribution in [0.4, 0.5) is 0 Å². The summed E-state index contributed by atoms with van der Waals surface area (Å²) in [6.07, 6.45) is 4.32. The highest BCUT2D eigenvalue weighted by molar-refractivity contribution is 5.95. The van der Waals surface area contributed by atoms with Crippen molar-refractivity contribution >= 4 is 11.8 Å². The smallest absolute Gasteiger partial charge is 0.339 e. The molecule has 0 amide bonds. The summed E-state index contributed by atoms with van der Waals surface area (Å²) in [5, 5.41) is 7.68. The molecule has 1 heterocycles. The number of nitrogens with one attached hydrogen (secondary N) is 1. The Morgan fingerprint density at radius 2 is 1.65 bits per heavy atom. The van der Waals surface area contributed by atoms with Crippen molar-refractivity contribution in [2.24, 2.45) is 5.73 Å². The number of hydrogen-bond donors (Lipinski definition) is 2. The Balaban J connectivity index is 1.58. The van der Waals surface area contributed by atoms with E-state index in [0.717, 1.165) is 28.2 Å². The minimum absolute atomic E-state index is 0.0163. The molecule has 6 heteroatoms. The minimum atomic E-state index is -0.347. The third kappa shape index (κ3) is 5.72. The lowest BCUT2D eigenvalue weighted by Crippen LogP contribution is -2.11. The standard InChI is InChI=1S/C28H27N3O3/c1-2-33-28(32)26-19-31(18-23(26)15-20-8-6-10-22(14-20)27(29)30)17-21-9-7-13-25(16-21)34-24-11-4-3-5-12-24/h3-14,16,18-19H,2,15,17H2,1H3,(H3,29,30). The van der Waals surface area contributed by atoms with Crippen LogP contribution in [0.3, 0.4) is 0 Å². The van der Waals surface area contributed by atoms with E-state index in [2.05, 4.69) is 0 Å². The largest absolute Gasteiger partial charge is 0.462 e. The molecule has 0 spiro atoms. The van der Waals surface area contributed by atoms with Crippen molar-refractivity contribution in [3.8, 4) is 11.5 Å². The van der Waals surface area contributed by atoms with Crippen LogP contribution in [0.15, 0.2) is 91.3 Å². The lowest BCUT2D eigenvalue weighted by atomic mass is 10.0. The Hall–Kier alpha value is -4.32. The Kier molecular flexibility index (Phi) is 7.08. The summed E-state index contributed by atoms with van der Waals surface area (Å²) in [5.41, 5.74) is 9.70. The first kappa shape index (κ1) is 22.9. The maximum Gasteiger partial charge on any atom is 0.339 e. The fourth-order valence-electron chi connectivity index (χ4n) is 3.79. The maximum atomic E-state index is 12.6. The number of nitrogens with zero attached hydrogens (tertiary/aromatic N) is 1. The molecule has 1 aromatic heterocycles. The highest BCUT2D eigenvalue weighted by Crippen LogP contribution is 2.23. The van der Waals surface area contributed by atoms with Gasteiger partial charge in [0.05, 0.1) is 12.2 Å². The van der Waals surface area contributed by atoms with E-state index >= 15 is 0 Å². The van der Waals surface area contributed by atoms with Gasteiger partial charge in [-0.05, 0) is 60.4 Å². The molecule has 0 bridgehead atoms. The SMILES string of the molecule is CCOC(=O)c1cn(Cc2cccc(Oc3ccccc3)c2)cc1Cc1cccc(C(=N)N)c1. The molecule has 4 aromatic rings. The highest BCUT2D eigenvalue weighted by Gasteiger charge is 2.17. The van der Waals surface area contributed by atoms with E-state index in [0.29, 0.717) is 30.7 Å². The molecule has 6 nitrogen and oxygen atoms in total. The molecule has 172 valence electrons. The van der Waals surface area contributed by atoms with Crippen LogP contribution in [0, 0.1) is 5.41 Å². The van der Waals surface area contributed by atoms with Gasteiger partial charge in [-0.3, -0.25) is 5.41 Å². The first-order chi connectivity index (χ1) is 16.5. The van der Waals surface area contributed by atoms with Crippen molar-refractivity contribution in [1.29, 1.82) is 5.41 Å². The van der Waals surface area contributed by atoms with Crippen LogP contribution >= 0.6 is 0 Å². The number of carbonyl (C=O) groups excluding carboxylic acids is 1. The van der Waals surface area contributed by atoms with E-state index in [4.69, 9.17) is 20.6 Å². The van der Waals surface area contributed by atoms with Gasteiger partial charge >= 0.3 is 5.97 Å². The summed E-state index contributed by atoms with van der Waals surface area (Å²) in [7, 11) is 0. The molecule has 0 aliphatic heterocycles. The summed E-state index contributed by atoms with van der Waals surface area (Å²) in [5.74, 6) is 1.20. The maximum absolute atomic E-state index is 12.6. The van der Waals surface area contributed by atoms with Crippen molar-refractivity contribution in [1.82, 2.24) is 4.57 Å². The van der Waals surface area contributed by atoms with Gasteiger partial charge in [-0.15, -0.1) is 0 Å². The van der Waals surface area contributed by atoms with Crippen molar-refractivity contribution in [2.75, 3.05) is 6.61 Å². The molecular weight excluding hydrogens is 426 g/mol. The Morgan fingerprint density at radius 1 is 0.912 bits per heavy atom. The third-order valence-corrected chi connectivity index (χ3v) is 5.33. The number of para-hydroxylation sites is 1. The van der Waals surface area contributed by atoms with E-state index in [9.17, 15) is 4.79 Å². The van der Waals surface area contributed by atoms with Crippen LogP contribution in [-0.4, -0.2) is 23.0 Å². The average Bonchev–Trinajstić information content (AvgIpc) is 3.22. The fourth-order valence-corrected chi connectivity index (χ4v) is 3.79. The molecule has 0 fully saturated rings. The fraction of sp³-hybridized carbons (Fsp3) is 0.143. The predicted octanol–water partition coefficient (Wildman–Crippen LogP) is 5.38. The molecule has 3 N–H and O–H groups in total. The second-order valence-corrected chi connectivity index (χ2v) is 7.94. The van der Waals surface area contributed by atoms with Crippen LogP contribution in [0.1, 0.15) is 39.5 Å². The first-order valence-corrected chi connectivity index (χ1v) is 11.1. The second-order valence-electron chi connectivity index (χ2n) is 7.94. The van der Waals surface area contributed by atoms with Crippen LogP contribution in [0.5, 0.6) is 11.5 Å². The molecular formula is C28H27N3O3. The van der Waals surface area contributed by atoms with Gasteiger partial charge in [0.15, 0.2) is 0 Å². The van der Waals surface area contributed by atoms with E-state index in [1.165, 1.54) is 0 Å². The van der Waals surface area contributed by atoms with Gasteiger partial charge in [0, 0.05) is 24.5 Å². The summed E-state index contributed by atoms with van der Waals surface area (Å²) >= 11 is 0. The van der Waals surface area contributed by atoms with Gasteiger partial charge < -0.3 is 19.8 Å². The number of carbonyl (C=O) groups is 1. The first-order valence-electron chi connectivity index (χ1n) is 11.1. The summed E-state index contributed by atoms with van der Waals surface area (Å²) in [4.78, 5) is 12.6. The summed E-state index contributed by atoms with van der Waals surface area (Å²) < 4.78 is 13.2. The van der Waals surface area contributed by atoms with Gasteiger partial charge in [-0.25, -0.2) is 4.79 Å². The van der Waals surface area contributed by atoms with Gasteiger partial charge in [-0.2, -0.15) is 0 Å². The number of amidine groups is 1. The number of nitrogens with two attached hydrogens (primary N) is 1. The quantitative estimate of drug-likeness (QED) is 0.202. The number of rotatable bonds is 9. The van der Waals surface area contributed by atoms with E-state index in [-0.39, 0.29) is 11.8 Å². The van der Waals surface area contributed by atoms with E-state index < -0.39 is 0 Å². The number of benzene rings is 3. The zero-order valence-corrected chi connectivity index (χ0v) is 19.0. The summed E-state index contributed by atoms with van der Waals surface area (Å²) in [6.45, 7) is 2.68. The van der Waals surface area contributed by atoms with Gasteiger partial charge in [0.2, 0.25) is 0 Å². The van der Waals surface area contributed by atoms with Crippen LogP contribution < -0.4 is 10.5 Å². The van der Waals surface area contributed by atoms with E-state index in [1.54, 1.807) is 13.0 Å². The zero-order valence-electron chi connectivity index (χ0n) is 19.0. The van der Waals surface area contributed by atoms with Crippen molar-refractivity contribution < 1.29 is 14.3 Å². The molecule has 3 aromatic carbocycles. The van der Waals surface area contributed by atoms with Gasteiger partial charge in [0.1, 0.15) is 17.3 Å². The Morgan fingerprint density at radius 3 is 2.41 bits per heavy atom. The van der Waals surface area contributed by atoms with Crippen LogP contribution in [0.25, 0.3) is 0 Å². The Labute approximate surface area is 199 Å². The van der Waals surface area contributed by atoms with Crippen LogP contribution in [-0.2, 0) is 17.7 Å². The van der Waals surface area contributed by atoms with Crippen molar-refractivity contribution in [2.45, 2.75) is 19.9 Å². The van der Waals surface area contributed by atoms with Crippen LogP contribution in [0.2, 0.25) is 0 Å². The molecule has 0 saturated heterocycles. The molecule has 0 aliphatic rings. The van der Waals surface area contributed by atoms with Gasteiger partial charge in [0.25, 0.3) is 0 Å². The molecule has 34 heavy (non-hydrogen) atoms. The normalized spacial score (nSPS) is 10.6. The number of esters is 1. The van der Waals surface area contributed by atoms with E-state index in [1.807, 2.05) is 89.8 Å². The zero-order chi connectivity index (χ0) is 23.9. The highest BCUT2D eigenvalue weighted by atomic mass is 16.5. The molecule has 0 saturated carbocycles.